The van der Waals surface area contributed by atoms with Crippen LogP contribution in [0, 0.1) is 0 Å². The van der Waals surface area contributed by atoms with Gasteiger partial charge in [-0.3, -0.25) is 14.7 Å². The van der Waals surface area contributed by atoms with E-state index in [0.717, 1.165) is 40.1 Å². The zero-order valence-electron chi connectivity index (χ0n) is 18.2. The molecule has 0 saturated heterocycles. The summed E-state index contributed by atoms with van der Waals surface area (Å²) in [6.07, 6.45) is 5.56. The van der Waals surface area contributed by atoms with Gasteiger partial charge in [0.25, 0.3) is 5.91 Å². The number of carbonyl (C=O) groups excluding carboxylic acids is 1. The van der Waals surface area contributed by atoms with Crippen molar-refractivity contribution in [2.75, 3.05) is 18.6 Å². The topological polar surface area (TPSA) is 64.5 Å². The molecule has 0 N–H and O–H groups in total. The Balaban J connectivity index is 1.64. The van der Waals surface area contributed by atoms with Gasteiger partial charge in [0.05, 0.1) is 30.5 Å². The van der Waals surface area contributed by atoms with Gasteiger partial charge >= 0.3 is 0 Å². The van der Waals surface area contributed by atoms with Crippen LogP contribution >= 0.6 is 11.3 Å². The molecule has 6 nitrogen and oxygen atoms in total. The molecule has 0 radical (unpaired) electrons. The summed E-state index contributed by atoms with van der Waals surface area (Å²) >= 11 is 1.48. The van der Waals surface area contributed by atoms with E-state index in [1.54, 1.807) is 36.5 Å². The second-order valence-corrected chi connectivity index (χ2v) is 8.32. The van der Waals surface area contributed by atoms with Crippen LogP contribution in [0.5, 0.6) is 11.5 Å². The molecule has 0 spiro atoms. The first-order valence-corrected chi connectivity index (χ1v) is 11.4. The summed E-state index contributed by atoms with van der Waals surface area (Å²) in [6, 6.07) is 16.8. The van der Waals surface area contributed by atoms with E-state index in [1.165, 1.54) is 11.3 Å². The predicted octanol–water partition coefficient (Wildman–Crippen LogP) is 5.73. The van der Waals surface area contributed by atoms with Crippen molar-refractivity contribution in [2.45, 2.75) is 26.3 Å². The molecule has 0 aliphatic carbocycles. The number of anilines is 1. The maximum Gasteiger partial charge on any atom is 0.260 e. The van der Waals surface area contributed by atoms with Gasteiger partial charge in [0, 0.05) is 24.0 Å². The highest BCUT2D eigenvalue weighted by Gasteiger charge is 2.22. The number of rotatable bonds is 9. The largest absolute Gasteiger partial charge is 0.497 e. The van der Waals surface area contributed by atoms with Crippen molar-refractivity contribution in [3.63, 3.8) is 0 Å². The van der Waals surface area contributed by atoms with Crippen molar-refractivity contribution >= 4 is 32.6 Å². The van der Waals surface area contributed by atoms with Gasteiger partial charge in [0.15, 0.2) is 5.13 Å². The van der Waals surface area contributed by atoms with Crippen molar-refractivity contribution in [3.05, 3.63) is 78.1 Å². The second-order valence-electron chi connectivity index (χ2n) is 7.31. The molecule has 2 aromatic heterocycles. The van der Waals surface area contributed by atoms with Crippen LogP contribution in [0.4, 0.5) is 5.13 Å². The smallest absolute Gasteiger partial charge is 0.260 e. The lowest BCUT2D eigenvalue weighted by Gasteiger charge is -2.20. The molecule has 0 aliphatic rings. The van der Waals surface area contributed by atoms with Crippen molar-refractivity contribution in [2.24, 2.45) is 0 Å². The van der Waals surface area contributed by atoms with Gasteiger partial charge in [-0.15, -0.1) is 0 Å². The average molecular weight is 448 g/mol. The zero-order valence-corrected chi connectivity index (χ0v) is 19.0. The van der Waals surface area contributed by atoms with Crippen LogP contribution in [0.1, 0.15) is 35.7 Å². The molecule has 7 heteroatoms. The van der Waals surface area contributed by atoms with Crippen molar-refractivity contribution in [1.29, 1.82) is 0 Å². The minimum atomic E-state index is -0.125. The predicted molar refractivity (Wildman–Crippen MR) is 128 cm³/mol. The number of nitrogens with zero attached hydrogens (tertiary/aromatic N) is 3. The molecule has 2 aromatic carbocycles. The third-order valence-corrected chi connectivity index (χ3v) is 6.05. The highest BCUT2D eigenvalue weighted by molar-refractivity contribution is 7.22. The monoisotopic (exact) mass is 447 g/mol. The fourth-order valence-corrected chi connectivity index (χ4v) is 4.17. The number of unbranched alkanes of at least 4 members (excludes halogenated alkanes) is 1. The number of fused-ring (bicyclic) bond motifs is 1. The number of ether oxygens (including phenoxy) is 2. The van der Waals surface area contributed by atoms with Crippen LogP contribution in [0.3, 0.4) is 0 Å². The lowest BCUT2D eigenvalue weighted by atomic mass is 10.1. The van der Waals surface area contributed by atoms with Crippen LogP contribution < -0.4 is 14.4 Å². The minimum absolute atomic E-state index is 0.125. The van der Waals surface area contributed by atoms with E-state index in [2.05, 4.69) is 11.9 Å². The molecule has 4 aromatic rings. The first-order valence-electron chi connectivity index (χ1n) is 10.6. The maximum atomic E-state index is 13.5. The molecular formula is C25H25N3O3S. The third-order valence-electron chi connectivity index (χ3n) is 4.99. The summed E-state index contributed by atoms with van der Waals surface area (Å²) in [4.78, 5) is 24.1. The van der Waals surface area contributed by atoms with Crippen molar-refractivity contribution in [3.8, 4) is 11.5 Å². The van der Waals surface area contributed by atoms with Gasteiger partial charge in [-0.2, -0.15) is 0 Å². The van der Waals surface area contributed by atoms with E-state index in [1.807, 2.05) is 42.5 Å². The standard InChI is InChI=1S/C25H25N3O3S/c1-3-4-14-31-20-9-7-19(8-10-20)24(29)28(17-18-6-5-13-26-16-18)25-27-22-15-21(30-2)11-12-23(22)32-25/h5-13,15-16H,3-4,14,17H2,1-2H3. The Morgan fingerprint density at radius 3 is 2.62 bits per heavy atom. The number of pyridine rings is 1. The molecule has 1 amide bonds. The molecule has 0 aliphatic heterocycles. The Morgan fingerprint density at radius 1 is 1.09 bits per heavy atom. The van der Waals surface area contributed by atoms with Crippen LogP contribution in [0.2, 0.25) is 0 Å². The van der Waals surface area contributed by atoms with E-state index in [4.69, 9.17) is 14.5 Å². The SMILES string of the molecule is CCCCOc1ccc(C(=O)N(Cc2cccnc2)c2nc3cc(OC)ccc3s2)cc1. The van der Waals surface area contributed by atoms with E-state index < -0.39 is 0 Å². The van der Waals surface area contributed by atoms with Gasteiger partial charge in [0.1, 0.15) is 11.5 Å². The summed E-state index contributed by atoms with van der Waals surface area (Å²) < 4.78 is 12.0. The summed E-state index contributed by atoms with van der Waals surface area (Å²) in [5.41, 5.74) is 2.30. The summed E-state index contributed by atoms with van der Waals surface area (Å²) in [6.45, 7) is 3.17. The Bertz CT molecular complexity index is 1180. The van der Waals surface area contributed by atoms with Gasteiger partial charge in [0.2, 0.25) is 0 Å². The zero-order chi connectivity index (χ0) is 22.3. The molecular weight excluding hydrogens is 422 g/mol. The molecule has 0 atom stereocenters. The number of carbonyl (C=O) groups is 1. The van der Waals surface area contributed by atoms with Gasteiger partial charge in [-0.1, -0.05) is 30.7 Å². The molecule has 0 fully saturated rings. The first-order chi connectivity index (χ1) is 15.7. The molecule has 0 bridgehead atoms. The average Bonchev–Trinajstić information content (AvgIpc) is 3.26. The minimum Gasteiger partial charge on any atom is -0.497 e. The summed E-state index contributed by atoms with van der Waals surface area (Å²) in [5.74, 6) is 1.37. The van der Waals surface area contributed by atoms with E-state index >= 15 is 0 Å². The molecule has 32 heavy (non-hydrogen) atoms. The van der Waals surface area contributed by atoms with E-state index in [0.29, 0.717) is 23.8 Å². The fourth-order valence-electron chi connectivity index (χ4n) is 3.22. The lowest BCUT2D eigenvalue weighted by molar-refractivity contribution is 0.0985. The lowest BCUT2D eigenvalue weighted by Crippen LogP contribution is -2.30. The highest BCUT2D eigenvalue weighted by Crippen LogP contribution is 2.33. The summed E-state index contributed by atoms with van der Waals surface area (Å²) in [7, 11) is 1.63. The number of benzene rings is 2. The van der Waals surface area contributed by atoms with Crippen LogP contribution in [0.25, 0.3) is 10.2 Å². The molecule has 4 rings (SSSR count). The number of methoxy groups -OCH3 is 1. The summed E-state index contributed by atoms with van der Waals surface area (Å²) in [5, 5.41) is 0.630. The van der Waals surface area contributed by atoms with Gasteiger partial charge < -0.3 is 9.47 Å². The Labute approximate surface area is 191 Å². The molecule has 2 heterocycles. The Morgan fingerprint density at radius 2 is 1.91 bits per heavy atom. The van der Waals surface area contributed by atoms with Crippen molar-refractivity contribution < 1.29 is 14.3 Å². The number of amides is 1. The Kier molecular flexibility index (Phi) is 6.97. The van der Waals surface area contributed by atoms with E-state index in [9.17, 15) is 4.79 Å². The van der Waals surface area contributed by atoms with Gasteiger partial charge in [-0.25, -0.2) is 4.98 Å². The molecule has 164 valence electrons. The number of thiazole rings is 1. The molecule has 0 saturated carbocycles. The second kappa shape index (κ2) is 10.2. The Hall–Kier alpha value is -3.45. The number of hydrogen-bond donors (Lipinski definition) is 0. The van der Waals surface area contributed by atoms with Crippen molar-refractivity contribution in [1.82, 2.24) is 9.97 Å². The number of hydrogen-bond acceptors (Lipinski definition) is 6. The third kappa shape index (κ3) is 5.06. The van der Waals surface area contributed by atoms with Gasteiger partial charge in [-0.05, 0) is 54.4 Å². The fraction of sp³-hybridized carbons (Fsp3) is 0.240. The van der Waals surface area contributed by atoms with Crippen LogP contribution in [-0.2, 0) is 6.54 Å². The van der Waals surface area contributed by atoms with Crippen LogP contribution in [-0.4, -0.2) is 29.6 Å². The normalized spacial score (nSPS) is 10.8. The van der Waals surface area contributed by atoms with Crippen LogP contribution in [0.15, 0.2) is 67.0 Å². The quantitative estimate of drug-likeness (QED) is 0.307. The maximum absolute atomic E-state index is 13.5. The van der Waals surface area contributed by atoms with E-state index in [-0.39, 0.29) is 5.91 Å². The number of aromatic nitrogens is 2. The first kappa shape index (κ1) is 21.8. The molecule has 0 unspecified atom stereocenters. The highest BCUT2D eigenvalue weighted by atomic mass is 32.1.